The predicted molar refractivity (Wildman–Crippen MR) is 105 cm³/mol. The molecule has 0 radical (unpaired) electrons. The molecule has 0 aliphatic heterocycles. The third kappa shape index (κ3) is 3.78. The molecule has 3 aromatic rings. The molecule has 5 nitrogen and oxygen atoms in total. The Morgan fingerprint density at radius 2 is 2.00 bits per heavy atom. The zero-order valence-corrected chi connectivity index (χ0v) is 15.3. The van der Waals surface area contributed by atoms with Crippen LogP contribution >= 0.6 is 11.3 Å². The topological polar surface area (TPSA) is 66.9 Å². The molecule has 6 heteroatoms. The molecule has 1 aromatic heterocycles. The van der Waals surface area contributed by atoms with Gasteiger partial charge in [-0.1, -0.05) is 17.4 Å². The average Bonchev–Trinajstić information content (AvgIpc) is 3.00. The number of anilines is 1. The van der Waals surface area contributed by atoms with Gasteiger partial charge in [0.05, 0.1) is 15.9 Å². The van der Waals surface area contributed by atoms with Crippen LogP contribution < -0.4 is 10.6 Å². The average molecular weight is 349 g/mol. The molecule has 0 aliphatic rings. The van der Waals surface area contributed by atoms with E-state index in [0.717, 1.165) is 33.7 Å². The number of rotatable bonds is 4. The number of azo groups is 1. The molecule has 0 saturated carbocycles. The Balaban J connectivity index is 1.85. The van der Waals surface area contributed by atoms with E-state index in [1.54, 1.807) is 11.3 Å². The van der Waals surface area contributed by atoms with Gasteiger partial charge in [0.25, 0.3) is 0 Å². The smallest absolute Gasteiger partial charge is 0.231 e. The van der Waals surface area contributed by atoms with Crippen molar-refractivity contribution >= 4 is 38.1 Å². The fourth-order valence-electron chi connectivity index (χ4n) is 2.48. The fraction of sp³-hybridized carbons (Fsp3) is 0.211. The largest absolute Gasteiger partial charge is 0.358 e. The first-order valence-electron chi connectivity index (χ1n) is 7.99. The van der Waals surface area contributed by atoms with Gasteiger partial charge in [-0.2, -0.15) is 0 Å². The van der Waals surface area contributed by atoms with E-state index in [-0.39, 0.29) is 0 Å². The Morgan fingerprint density at radius 3 is 2.72 bits per heavy atom. The summed E-state index contributed by atoms with van der Waals surface area (Å²) in [6, 6.07) is 17.4. The van der Waals surface area contributed by atoms with Crippen LogP contribution in [0.1, 0.15) is 18.1 Å². The molecule has 25 heavy (non-hydrogen) atoms. The number of hydrogen-bond acceptors (Lipinski definition) is 6. The van der Waals surface area contributed by atoms with E-state index < -0.39 is 0 Å². The Morgan fingerprint density at radius 1 is 1.16 bits per heavy atom. The lowest BCUT2D eigenvalue weighted by atomic mass is 10.1. The van der Waals surface area contributed by atoms with Gasteiger partial charge in [0.15, 0.2) is 0 Å². The molecular weight excluding hydrogens is 330 g/mol. The van der Waals surface area contributed by atoms with E-state index in [4.69, 9.17) is 5.73 Å². The summed E-state index contributed by atoms with van der Waals surface area (Å²) in [5, 5.41) is 9.33. The zero-order valence-electron chi connectivity index (χ0n) is 14.4. The molecule has 0 saturated heterocycles. The van der Waals surface area contributed by atoms with Crippen molar-refractivity contribution in [2.45, 2.75) is 20.8 Å². The van der Waals surface area contributed by atoms with Gasteiger partial charge in [-0.05, 0) is 62.2 Å². The highest BCUT2D eigenvalue weighted by atomic mass is 32.1. The number of aromatic nitrogens is 1. The molecule has 1 heterocycles. The van der Waals surface area contributed by atoms with Crippen LogP contribution in [-0.2, 0) is 0 Å². The minimum atomic E-state index is 0.660. The molecule has 0 bridgehead atoms. The third-order valence-electron chi connectivity index (χ3n) is 3.78. The minimum Gasteiger partial charge on any atom is -0.358 e. The highest BCUT2D eigenvalue weighted by molar-refractivity contribution is 7.21. The molecule has 0 atom stereocenters. The number of hydrogen-bond donors (Lipinski definition) is 1. The van der Waals surface area contributed by atoms with Gasteiger partial charge in [-0.15, -0.1) is 10.2 Å². The van der Waals surface area contributed by atoms with Gasteiger partial charge < -0.3 is 10.6 Å². The molecular formula is C19H19N5S. The zero-order chi connectivity index (χ0) is 17.8. The second-order valence-corrected chi connectivity index (χ2v) is 6.65. The molecule has 0 aliphatic carbocycles. The van der Waals surface area contributed by atoms with E-state index in [1.807, 2.05) is 43.0 Å². The number of nitrogens with two attached hydrogens (primary N) is 1. The first-order valence-corrected chi connectivity index (χ1v) is 8.80. The monoisotopic (exact) mass is 349 g/mol. The maximum Gasteiger partial charge on any atom is 0.231 e. The number of aryl methyl sites for hydroxylation is 2. The fourth-order valence-corrected chi connectivity index (χ4v) is 3.37. The SMILES string of the molecule is CCN(C#CN)c1ccc(N=Nc2nc3ccc(C)cc3s2)c(C)c1. The standard InChI is InChI=1S/C19H19N5S/c1-4-24(10-9-20)15-6-8-16(14(3)12-15)22-23-19-21-17-7-5-13(2)11-18(17)25-19/h5-8,11-12H,4,20H2,1-3H3. The highest BCUT2D eigenvalue weighted by Gasteiger charge is 2.06. The van der Waals surface area contributed by atoms with Gasteiger partial charge in [0.2, 0.25) is 5.13 Å². The lowest BCUT2D eigenvalue weighted by Gasteiger charge is -2.15. The molecule has 2 N–H and O–H groups in total. The van der Waals surface area contributed by atoms with Crippen LogP contribution in [0.15, 0.2) is 46.6 Å². The molecule has 0 amide bonds. The van der Waals surface area contributed by atoms with Crippen molar-refractivity contribution in [2.24, 2.45) is 16.0 Å². The first-order chi connectivity index (χ1) is 12.1. The predicted octanol–water partition coefficient (Wildman–Crippen LogP) is 5.03. The van der Waals surface area contributed by atoms with Gasteiger partial charge in [-0.25, -0.2) is 4.98 Å². The molecule has 0 spiro atoms. The van der Waals surface area contributed by atoms with E-state index in [2.05, 4.69) is 46.4 Å². The van der Waals surface area contributed by atoms with Gasteiger partial charge in [-0.3, -0.25) is 0 Å². The summed E-state index contributed by atoms with van der Waals surface area (Å²) in [5.74, 6) is 0. The van der Waals surface area contributed by atoms with Crippen LogP contribution in [0.2, 0.25) is 0 Å². The van der Waals surface area contributed by atoms with Crippen molar-refractivity contribution in [3.05, 3.63) is 47.5 Å². The minimum absolute atomic E-state index is 0.660. The number of fused-ring (bicyclic) bond motifs is 1. The van der Waals surface area contributed by atoms with E-state index >= 15 is 0 Å². The van der Waals surface area contributed by atoms with Gasteiger partial charge >= 0.3 is 0 Å². The second kappa shape index (κ2) is 7.32. The van der Waals surface area contributed by atoms with Crippen LogP contribution in [0.25, 0.3) is 10.2 Å². The van der Waals surface area contributed by atoms with Crippen LogP contribution in [0.4, 0.5) is 16.5 Å². The third-order valence-corrected chi connectivity index (χ3v) is 4.69. The van der Waals surface area contributed by atoms with Crippen molar-refractivity contribution < 1.29 is 0 Å². The van der Waals surface area contributed by atoms with Crippen LogP contribution in [-0.4, -0.2) is 11.5 Å². The Labute approximate surface area is 151 Å². The quantitative estimate of drug-likeness (QED) is 0.408. The summed E-state index contributed by atoms with van der Waals surface area (Å²) < 4.78 is 1.12. The maximum absolute atomic E-state index is 5.32. The van der Waals surface area contributed by atoms with Crippen molar-refractivity contribution in [3.8, 4) is 12.1 Å². The van der Waals surface area contributed by atoms with Crippen molar-refractivity contribution in [3.63, 3.8) is 0 Å². The number of benzene rings is 2. The van der Waals surface area contributed by atoms with Crippen molar-refractivity contribution in [2.75, 3.05) is 11.4 Å². The van der Waals surface area contributed by atoms with E-state index in [0.29, 0.717) is 5.13 Å². The van der Waals surface area contributed by atoms with E-state index in [1.165, 1.54) is 5.56 Å². The van der Waals surface area contributed by atoms with Crippen molar-refractivity contribution in [1.82, 2.24) is 4.98 Å². The summed E-state index contributed by atoms with van der Waals surface area (Å²) in [6.45, 7) is 6.86. The summed E-state index contributed by atoms with van der Waals surface area (Å²) in [4.78, 5) is 6.39. The Kier molecular flexibility index (Phi) is 4.96. The van der Waals surface area contributed by atoms with E-state index in [9.17, 15) is 0 Å². The van der Waals surface area contributed by atoms with Crippen molar-refractivity contribution in [1.29, 1.82) is 0 Å². The second-order valence-electron chi connectivity index (χ2n) is 5.64. The summed E-state index contributed by atoms with van der Waals surface area (Å²) >= 11 is 1.54. The maximum atomic E-state index is 5.32. The molecule has 0 unspecified atom stereocenters. The van der Waals surface area contributed by atoms with Crippen LogP contribution in [0.3, 0.4) is 0 Å². The Bertz CT molecular complexity index is 994. The highest BCUT2D eigenvalue weighted by Crippen LogP contribution is 2.31. The first kappa shape index (κ1) is 16.9. The lowest BCUT2D eigenvalue weighted by molar-refractivity contribution is 1.04. The van der Waals surface area contributed by atoms with Crippen LogP contribution in [0.5, 0.6) is 0 Å². The normalized spacial score (nSPS) is 10.8. The molecule has 3 rings (SSSR count). The Hall–Kier alpha value is -2.91. The summed E-state index contributed by atoms with van der Waals surface area (Å²) in [7, 11) is 0. The number of nitrogens with zero attached hydrogens (tertiary/aromatic N) is 4. The lowest BCUT2D eigenvalue weighted by Crippen LogP contribution is -2.16. The van der Waals surface area contributed by atoms with Gasteiger partial charge in [0.1, 0.15) is 0 Å². The molecule has 126 valence electrons. The molecule has 2 aromatic carbocycles. The van der Waals surface area contributed by atoms with Gasteiger partial charge in [0, 0.05) is 24.3 Å². The summed E-state index contributed by atoms with van der Waals surface area (Å²) in [6.07, 6.45) is 0. The number of thiazole rings is 1. The van der Waals surface area contributed by atoms with Crippen LogP contribution in [0, 0.1) is 25.9 Å². The molecule has 0 fully saturated rings. The summed E-state index contributed by atoms with van der Waals surface area (Å²) in [5.41, 5.74) is 10.3.